The van der Waals surface area contributed by atoms with Crippen molar-refractivity contribution in [3.05, 3.63) is 87.9 Å². The number of rotatable bonds is 5. The van der Waals surface area contributed by atoms with Crippen molar-refractivity contribution in [1.82, 2.24) is 4.90 Å². The lowest BCUT2D eigenvalue weighted by atomic mass is 10.1. The van der Waals surface area contributed by atoms with Crippen molar-refractivity contribution in [3.8, 4) is 5.75 Å². The minimum absolute atomic E-state index is 0.0877. The summed E-state index contributed by atoms with van der Waals surface area (Å²) in [7, 11) is 0.846. The third-order valence-electron chi connectivity index (χ3n) is 5.80. The fourth-order valence-electron chi connectivity index (χ4n) is 3.88. The molecule has 1 aliphatic rings. The summed E-state index contributed by atoms with van der Waals surface area (Å²) in [6, 6.07) is 13.0. The van der Waals surface area contributed by atoms with E-state index in [9.17, 15) is 27.2 Å². The number of anilines is 2. The molecule has 3 aromatic carbocycles. The van der Waals surface area contributed by atoms with Gasteiger partial charge >= 0.3 is 0 Å². The maximum absolute atomic E-state index is 14.2. The first-order valence-corrected chi connectivity index (χ1v) is 11.2. The summed E-state index contributed by atoms with van der Waals surface area (Å²) in [5, 5.41) is 2.78. The first-order valence-electron chi connectivity index (χ1n) is 10.8. The largest absolute Gasteiger partial charge is 0.491 e. The number of halogens is 5. The quantitative estimate of drug-likeness (QED) is 0.374. The van der Waals surface area contributed by atoms with Crippen LogP contribution in [0.4, 0.5) is 28.9 Å². The van der Waals surface area contributed by atoms with Crippen molar-refractivity contribution < 1.29 is 31.9 Å². The molecule has 2 amide bonds. The van der Waals surface area contributed by atoms with E-state index in [1.54, 1.807) is 41.3 Å². The molecule has 4 rings (SSSR count). The highest BCUT2D eigenvalue weighted by atomic mass is 35.5. The molecule has 0 saturated carbocycles. The van der Waals surface area contributed by atoms with Crippen LogP contribution in [0.1, 0.15) is 20.7 Å². The topological polar surface area (TPSA) is 61.9 Å². The summed E-state index contributed by atoms with van der Waals surface area (Å²) < 4.78 is 60.6. The molecule has 36 heavy (non-hydrogen) atoms. The Morgan fingerprint density at radius 3 is 1.92 bits per heavy atom. The second kappa shape index (κ2) is 10.4. The van der Waals surface area contributed by atoms with Gasteiger partial charge in [-0.05, 0) is 48.5 Å². The van der Waals surface area contributed by atoms with Crippen LogP contribution in [0.25, 0.3) is 0 Å². The van der Waals surface area contributed by atoms with Crippen LogP contribution < -0.4 is 15.0 Å². The Morgan fingerprint density at radius 2 is 1.39 bits per heavy atom. The van der Waals surface area contributed by atoms with E-state index < -0.39 is 40.5 Å². The Kier molecular flexibility index (Phi) is 7.35. The van der Waals surface area contributed by atoms with Gasteiger partial charge in [-0.15, -0.1) is 0 Å². The molecule has 0 spiro atoms. The van der Waals surface area contributed by atoms with Crippen LogP contribution in [0.2, 0.25) is 5.02 Å². The van der Waals surface area contributed by atoms with Gasteiger partial charge in [0.05, 0.1) is 7.11 Å². The van der Waals surface area contributed by atoms with Gasteiger partial charge in [0.15, 0.2) is 17.4 Å². The number of hydrogen-bond acceptors (Lipinski definition) is 4. The first kappa shape index (κ1) is 25.3. The van der Waals surface area contributed by atoms with Gasteiger partial charge < -0.3 is 19.9 Å². The van der Waals surface area contributed by atoms with Crippen molar-refractivity contribution in [3.63, 3.8) is 0 Å². The zero-order valence-corrected chi connectivity index (χ0v) is 19.7. The number of amides is 2. The van der Waals surface area contributed by atoms with Crippen LogP contribution in [0, 0.1) is 23.3 Å². The molecular formula is C25H20ClF4N3O3. The Labute approximate surface area is 209 Å². The van der Waals surface area contributed by atoms with E-state index in [4.69, 9.17) is 11.6 Å². The van der Waals surface area contributed by atoms with Gasteiger partial charge in [-0.25, -0.2) is 8.78 Å². The molecule has 0 unspecified atom stereocenters. The summed E-state index contributed by atoms with van der Waals surface area (Å²) in [4.78, 5) is 28.8. The number of hydrogen-bond donors (Lipinski definition) is 1. The zero-order chi connectivity index (χ0) is 26.0. The van der Waals surface area contributed by atoms with Gasteiger partial charge in [0.25, 0.3) is 11.8 Å². The van der Waals surface area contributed by atoms with Crippen molar-refractivity contribution in [1.29, 1.82) is 0 Å². The molecule has 0 aromatic heterocycles. The number of benzene rings is 3. The molecule has 1 fully saturated rings. The number of methoxy groups -OCH3 is 1. The smallest absolute Gasteiger partial charge is 0.261 e. The van der Waals surface area contributed by atoms with Gasteiger partial charge in [-0.1, -0.05) is 11.6 Å². The van der Waals surface area contributed by atoms with Crippen LogP contribution >= 0.6 is 11.6 Å². The Balaban J connectivity index is 1.40. The van der Waals surface area contributed by atoms with Crippen LogP contribution in [0.3, 0.4) is 0 Å². The summed E-state index contributed by atoms with van der Waals surface area (Å²) >= 11 is 5.87. The molecular weight excluding hydrogens is 502 g/mol. The molecule has 188 valence electrons. The molecule has 0 bridgehead atoms. The third-order valence-corrected chi connectivity index (χ3v) is 6.05. The summed E-state index contributed by atoms with van der Waals surface area (Å²) in [5.74, 6) is -10.0. The first-order chi connectivity index (χ1) is 17.2. The average Bonchev–Trinajstić information content (AvgIpc) is 2.89. The molecule has 1 aliphatic heterocycles. The number of nitrogens with zero attached hydrogens (tertiary/aromatic N) is 2. The Bertz CT molecular complexity index is 1270. The zero-order valence-electron chi connectivity index (χ0n) is 19.0. The molecule has 0 atom stereocenters. The van der Waals surface area contributed by atoms with Crippen LogP contribution in [0.15, 0.2) is 48.5 Å². The van der Waals surface area contributed by atoms with Gasteiger partial charge in [-0.2, -0.15) is 8.78 Å². The fraction of sp³-hybridized carbons (Fsp3) is 0.200. The van der Waals surface area contributed by atoms with Gasteiger partial charge in [-0.3, -0.25) is 9.59 Å². The normalized spacial score (nSPS) is 13.5. The fourth-order valence-corrected chi connectivity index (χ4v) is 4.01. The van der Waals surface area contributed by atoms with Crippen LogP contribution in [0.5, 0.6) is 5.75 Å². The lowest BCUT2D eigenvalue weighted by Crippen LogP contribution is -2.48. The molecule has 6 nitrogen and oxygen atoms in total. The van der Waals surface area contributed by atoms with Crippen molar-refractivity contribution in [2.75, 3.05) is 43.5 Å². The van der Waals surface area contributed by atoms with E-state index in [1.165, 1.54) is 12.1 Å². The number of piperazine rings is 1. The van der Waals surface area contributed by atoms with Crippen molar-refractivity contribution in [2.24, 2.45) is 0 Å². The van der Waals surface area contributed by atoms with E-state index in [1.807, 2.05) is 4.90 Å². The van der Waals surface area contributed by atoms with E-state index in [0.717, 1.165) is 12.8 Å². The standard InChI is InChI=1S/C25H20ClF4N3O3/c1-36-23-21(29)19(27)18(20(28)22(23)30)24(34)31-16-6-8-17(9-7-16)32-10-12-33(13-11-32)25(35)14-2-4-15(26)5-3-14/h2-9H,10-13H2,1H3,(H,31,34). The molecule has 1 heterocycles. The molecule has 1 N–H and O–H groups in total. The van der Waals surface area contributed by atoms with E-state index in [0.29, 0.717) is 36.8 Å². The Morgan fingerprint density at radius 1 is 0.833 bits per heavy atom. The Hall–Kier alpha value is -3.79. The number of ether oxygens (including phenoxy) is 1. The maximum Gasteiger partial charge on any atom is 0.261 e. The van der Waals surface area contributed by atoms with Gasteiger partial charge in [0.1, 0.15) is 5.56 Å². The highest BCUT2D eigenvalue weighted by Crippen LogP contribution is 2.30. The van der Waals surface area contributed by atoms with Gasteiger partial charge in [0.2, 0.25) is 11.6 Å². The highest BCUT2D eigenvalue weighted by Gasteiger charge is 2.30. The summed E-state index contributed by atoms with van der Waals surface area (Å²) in [6.45, 7) is 2.11. The molecule has 1 saturated heterocycles. The predicted molar refractivity (Wildman–Crippen MR) is 127 cm³/mol. The van der Waals surface area contributed by atoms with Crippen LogP contribution in [-0.4, -0.2) is 50.0 Å². The van der Waals surface area contributed by atoms with Crippen molar-refractivity contribution in [2.45, 2.75) is 0 Å². The van der Waals surface area contributed by atoms with E-state index in [-0.39, 0.29) is 11.6 Å². The minimum atomic E-state index is -1.86. The molecule has 11 heteroatoms. The van der Waals surface area contributed by atoms with Crippen LogP contribution in [-0.2, 0) is 0 Å². The minimum Gasteiger partial charge on any atom is -0.491 e. The van der Waals surface area contributed by atoms with Crippen molar-refractivity contribution >= 4 is 34.8 Å². The van der Waals surface area contributed by atoms with E-state index in [2.05, 4.69) is 10.1 Å². The average molecular weight is 522 g/mol. The third kappa shape index (κ3) is 4.94. The summed E-state index contributed by atoms with van der Waals surface area (Å²) in [6.07, 6.45) is 0. The highest BCUT2D eigenvalue weighted by molar-refractivity contribution is 6.30. The van der Waals surface area contributed by atoms with Gasteiger partial charge in [0, 0.05) is 48.1 Å². The lowest BCUT2D eigenvalue weighted by molar-refractivity contribution is 0.0746. The lowest BCUT2D eigenvalue weighted by Gasteiger charge is -2.36. The number of nitrogens with one attached hydrogen (secondary N) is 1. The predicted octanol–water partition coefficient (Wildman–Crippen LogP) is 5.12. The maximum atomic E-state index is 14.2. The molecule has 3 aromatic rings. The number of carbonyl (C=O) groups is 2. The van der Waals surface area contributed by atoms with E-state index >= 15 is 0 Å². The molecule has 0 aliphatic carbocycles. The number of carbonyl (C=O) groups excluding carboxylic acids is 2. The second-order valence-electron chi connectivity index (χ2n) is 7.95. The SMILES string of the molecule is COc1c(F)c(F)c(C(=O)Nc2ccc(N3CCN(C(=O)c4ccc(Cl)cc4)CC3)cc2)c(F)c1F. The summed E-state index contributed by atoms with van der Waals surface area (Å²) in [5.41, 5.74) is 0.120. The second-order valence-corrected chi connectivity index (χ2v) is 8.39. The monoisotopic (exact) mass is 521 g/mol. The molecule has 0 radical (unpaired) electrons.